The molecule has 0 fully saturated rings. The smallest absolute Gasteiger partial charge is 0.228 e. The standard InChI is InChI=1S/C56H38N2O2/c1-56(2)48-17-9-8-16-44(48)45-30-28-41(33-49(45)56)58(40-26-24-38(25-27-40)37-22-20-36(21-23-37)35-12-4-3-5-13-35)42-29-31-46-52(34-42)59-54-43-15-7-6-14-39(43)32-47(53(46)54)55-57-50-18-10-11-19-51(50)60-55/h3-34H,1-2H3. The number of oxazole rings is 1. The minimum atomic E-state index is -0.145. The molecule has 9 aromatic carbocycles. The third-order valence-electron chi connectivity index (χ3n) is 12.5. The Labute approximate surface area is 347 Å². The largest absolute Gasteiger partial charge is 0.455 e. The molecule has 1 aliphatic rings. The number of para-hydroxylation sites is 2. The van der Waals surface area contributed by atoms with E-state index in [1.807, 2.05) is 24.3 Å². The first-order valence-electron chi connectivity index (χ1n) is 20.5. The molecule has 60 heavy (non-hydrogen) atoms. The highest BCUT2D eigenvalue weighted by Gasteiger charge is 2.36. The van der Waals surface area contributed by atoms with Gasteiger partial charge in [0.1, 0.15) is 16.7 Å². The molecule has 4 heteroatoms. The van der Waals surface area contributed by atoms with Crippen LogP contribution in [0.2, 0.25) is 0 Å². The van der Waals surface area contributed by atoms with Crippen molar-refractivity contribution >= 4 is 60.9 Å². The summed E-state index contributed by atoms with van der Waals surface area (Å²) in [4.78, 5) is 7.29. The van der Waals surface area contributed by atoms with E-state index in [-0.39, 0.29) is 5.41 Å². The van der Waals surface area contributed by atoms with Crippen LogP contribution in [-0.4, -0.2) is 4.98 Å². The lowest BCUT2D eigenvalue weighted by molar-refractivity contribution is 0.620. The molecule has 0 amide bonds. The molecule has 0 radical (unpaired) electrons. The lowest BCUT2D eigenvalue weighted by Crippen LogP contribution is -2.16. The summed E-state index contributed by atoms with van der Waals surface area (Å²) in [5.74, 6) is 0.580. The first-order valence-corrected chi connectivity index (χ1v) is 20.5. The number of fused-ring (bicyclic) bond motifs is 9. The second kappa shape index (κ2) is 13.2. The summed E-state index contributed by atoms with van der Waals surface area (Å²) < 4.78 is 13.3. The summed E-state index contributed by atoms with van der Waals surface area (Å²) in [5, 5.41) is 4.12. The van der Waals surface area contributed by atoms with Gasteiger partial charge in [-0.2, -0.15) is 0 Å². The van der Waals surface area contributed by atoms with Gasteiger partial charge in [-0.15, -0.1) is 0 Å². The van der Waals surface area contributed by atoms with Crippen LogP contribution in [0.4, 0.5) is 17.1 Å². The summed E-state index contributed by atoms with van der Waals surface area (Å²) in [7, 11) is 0. The van der Waals surface area contributed by atoms with Gasteiger partial charge in [0.15, 0.2) is 5.58 Å². The Morgan fingerprint density at radius 3 is 1.85 bits per heavy atom. The average molecular weight is 771 g/mol. The molecule has 0 bridgehead atoms. The van der Waals surface area contributed by atoms with Crippen molar-refractivity contribution in [3.63, 3.8) is 0 Å². The fourth-order valence-corrected chi connectivity index (χ4v) is 9.46. The first kappa shape index (κ1) is 34.4. The molecule has 2 heterocycles. The molecule has 0 unspecified atom stereocenters. The van der Waals surface area contributed by atoms with Crippen LogP contribution >= 0.6 is 0 Å². The monoisotopic (exact) mass is 770 g/mol. The van der Waals surface area contributed by atoms with Crippen LogP contribution < -0.4 is 4.90 Å². The van der Waals surface area contributed by atoms with Crippen molar-refractivity contribution < 1.29 is 8.83 Å². The third kappa shape index (κ3) is 5.34. The van der Waals surface area contributed by atoms with Gasteiger partial charge in [-0.25, -0.2) is 4.98 Å². The molecule has 0 atom stereocenters. The van der Waals surface area contributed by atoms with Crippen LogP contribution in [0.25, 0.3) is 88.6 Å². The van der Waals surface area contributed by atoms with E-state index in [9.17, 15) is 0 Å². The number of hydrogen-bond donors (Lipinski definition) is 0. The molecule has 11 aromatic rings. The molecule has 12 rings (SSSR count). The van der Waals surface area contributed by atoms with Gasteiger partial charge in [-0.05, 0) is 104 Å². The van der Waals surface area contributed by atoms with Crippen molar-refractivity contribution in [3.8, 4) is 44.8 Å². The van der Waals surface area contributed by atoms with E-state index >= 15 is 0 Å². The highest BCUT2D eigenvalue weighted by Crippen LogP contribution is 2.51. The Hall–Kier alpha value is -7.69. The van der Waals surface area contributed by atoms with Crippen LogP contribution in [0, 0.1) is 0 Å². The molecular formula is C56H38N2O2. The topological polar surface area (TPSA) is 42.4 Å². The number of furan rings is 1. The SMILES string of the molecule is CC1(C)c2ccccc2-c2ccc(N(c3ccc(-c4ccc(-c5ccccc5)cc4)cc3)c3ccc4c(c3)oc3c5ccccc5cc(-c5nc6ccccc6o5)c43)cc21. The maximum Gasteiger partial charge on any atom is 0.228 e. The van der Waals surface area contributed by atoms with Crippen molar-refractivity contribution in [1.82, 2.24) is 4.98 Å². The molecular weight excluding hydrogens is 733 g/mol. The van der Waals surface area contributed by atoms with E-state index in [1.54, 1.807) is 0 Å². The third-order valence-corrected chi connectivity index (χ3v) is 12.5. The molecule has 0 saturated heterocycles. The van der Waals surface area contributed by atoms with Crippen LogP contribution in [-0.2, 0) is 5.41 Å². The van der Waals surface area contributed by atoms with E-state index in [2.05, 4.69) is 189 Å². The van der Waals surface area contributed by atoms with Crippen LogP contribution in [0.15, 0.2) is 203 Å². The summed E-state index contributed by atoms with van der Waals surface area (Å²) in [5.41, 5.74) is 17.2. The maximum absolute atomic E-state index is 6.94. The fraction of sp³-hybridized carbons (Fsp3) is 0.0536. The lowest BCUT2D eigenvalue weighted by atomic mass is 9.82. The predicted molar refractivity (Wildman–Crippen MR) is 247 cm³/mol. The zero-order valence-corrected chi connectivity index (χ0v) is 33.2. The lowest BCUT2D eigenvalue weighted by Gasteiger charge is -2.28. The van der Waals surface area contributed by atoms with Gasteiger partial charge >= 0.3 is 0 Å². The van der Waals surface area contributed by atoms with Crippen molar-refractivity contribution in [2.24, 2.45) is 0 Å². The predicted octanol–water partition coefficient (Wildman–Crippen LogP) is 15.7. The van der Waals surface area contributed by atoms with E-state index < -0.39 is 0 Å². The van der Waals surface area contributed by atoms with Crippen molar-refractivity contribution in [2.45, 2.75) is 19.3 Å². The minimum Gasteiger partial charge on any atom is -0.455 e. The Bertz CT molecular complexity index is 3410. The number of benzene rings is 9. The van der Waals surface area contributed by atoms with Crippen LogP contribution in [0.1, 0.15) is 25.0 Å². The van der Waals surface area contributed by atoms with Gasteiger partial charge in [-0.3, -0.25) is 0 Å². The van der Waals surface area contributed by atoms with E-state index in [0.717, 1.165) is 72.0 Å². The Morgan fingerprint density at radius 2 is 1.05 bits per heavy atom. The molecule has 0 N–H and O–H groups in total. The van der Waals surface area contributed by atoms with Gasteiger partial charge in [-0.1, -0.05) is 147 Å². The zero-order chi connectivity index (χ0) is 40.0. The number of hydrogen-bond acceptors (Lipinski definition) is 4. The number of rotatable bonds is 6. The van der Waals surface area contributed by atoms with Crippen molar-refractivity contribution in [3.05, 3.63) is 205 Å². The fourth-order valence-electron chi connectivity index (χ4n) is 9.46. The average Bonchev–Trinajstić information content (AvgIpc) is 3.98. The van der Waals surface area contributed by atoms with Crippen LogP contribution in [0.3, 0.4) is 0 Å². The second-order valence-corrected chi connectivity index (χ2v) is 16.3. The Kier molecular flexibility index (Phi) is 7.54. The van der Waals surface area contributed by atoms with Gasteiger partial charge in [0.05, 0.1) is 0 Å². The minimum absolute atomic E-state index is 0.145. The van der Waals surface area contributed by atoms with E-state index in [0.29, 0.717) is 5.89 Å². The second-order valence-electron chi connectivity index (χ2n) is 16.3. The summed E-state index contributed by atoms with van der Waals surface area (Å²) in [6.45, 7) is 4.67. The van der Waals surface area contributed by atoms with Crippen molar-refractivity contribution in [2.75, 3.05) is 4.90 Å². The summed E-state index contributed by atoms with van der Waals surface area (Å²) in [6.07, 6.45) is 0. The Morgan fingerprint density at radius 1 is 0.433 bits per heavy atom. The normalized spacial score (nSPS) is 13.0. The van der Waals surface area contributed by atoms with Gasteiger partial charge in [0, 0.05) is 50.3 Å². The number of aromatic nitrogens is 1. The molecule has 284 valence electrons. The molecule has 0 saturated carbocycles. The molecule has 4 nitrogen and oxygen atoms in total. The number of anilines is 3. The molecule has 1 aliphatic carbocycles. The van der Waals surface area contributed by atoms with Gasteiger partial charge in [0.2, 0.25) is 5.89 Å². The first-order chi connectivity index (χ1) is 29.5. The van der Waals surface area contributed by atoms with E-state index in [4.69, 9.17) is 13.8 Å². The maximum atomic E-state index is 6.94. The zero-order valence-electron chi connectivity index (χ0n) is 33.2. The molecule has 2 aromatic heterocycles. The molecule has 0 spiro atoms. The summed E-state index contributed by atoms with van der Waals surface area (Å²) in [6, 6.07) is 69.1. The van der Waals surface area contributed by atoms with Crippen LogP contribution in [0.5, 0.6) is 0 Å². The van der Waals surface area contributed by atoms with Gasteiger partial charge in [0.25, 0.3) is 0 Å². The molecule has 0 aliphatic heterocycles. The highest BCUT2D eigenvalue weighted by molar-refractivity contribution is 6.21. The van der Waals surface area contributed by atoms with E-state index in [1.165, 1.54) is 38.9 Å². The van der Waals surface area contributed by atoms with Crippen molar-refractivity contribution in [1.29, 1.82) is 0 Å². The number of nitrogens with zero attached hydrogens (tertiary/aromatic N) is 2. The summed E-state index contributed by atoms with van der Waals surface area (Å²) >= 11 is 0. The van der Waals surface area contributed by atoms with Gasteiger partial charge < -0.3 is 13.7 Å². The highest BCUT2D eigenvalue weighted by atomic mass is 16.3. The quantitative estimate of drug-likeness (QED) is 0.169. The Balaban J connectivity index is 1.02.